The number of hydrogen-bond donors (Lipinski definition) is 0. The van der Waals surface area contributed by atoms with Crippen LogP contribution in [0, 0.1) is 6.92 Å². The minimum Gasteiger partial charge on any atom is -0.373 e. The van der Waals surface area contributed by atoms with Gasteiger partial charge in [0.25, 0.3) is 0 Å². The largest absolute Gasteiger partial charge is 0.373 e. The van der Waals surface area contributed by atoms with Gasteiger partial charge in [0.1, 0.15) is 11.8 Å². The highest BCUT2D eigenvalue weighted by Crippen LogP contribution is 2.24. The number of ether oxygens (including phenoxy) is 1. The van der Waals surface area contributed by atoms with Gasteiger partial charge in [-0.15, -0.1) is 0 Å². The Hall–Kier alpha value is -0.670. The molecule has 0 bridgehead atoms. The number of rotatable bonds is 5. The molecule has 1 aromatic heterocycles. The molecule has 0 aliphatic rings. The van der Waals surface area contributed by atoms with E-state index in [2.05, 4.69) is 30.7 Å². The van der Waals surface area contributed by atoms with E-state index in [0.29, 0.717) is 23.5 Å². The fourth-order valence-corrected chi connectivity index (χ4v) is 2.08. The van der Waals surface area contributed by atoms with Crippen molar-refractivity contribution in [1.82, 2.24) is 9.97 Å². The van der Waals surface area contributed by atoms with Gasteiger partial charge in [-0.1, -0.05) is 32.4 Å². The molecule has 4 heteroatoms. The second-order valence-corrected chi connectivity index (χ2v) is 4.50. The molecule has 0 saturated carbocycles. The molecule has 1 aromatic rings. The Bertz CT molecular complexity index is 330. The van der Waals surface area contributed by atoms with Crippen molar-refractivity contribution < 1.29 is 4.74 Å². The molecular formula is C12H19ClN2O. The van der Waals surface area contributed by atoms with Crippen LogP contribution in [0.5, 0.6) is 0 Å². The SMILES string of the molecule is CCCOCc1nc(C)c(C(C)C)c(Cl)n1. The summed E-state index contributed by atoms with van der Waals surface area (Å²) in [5.74, 6) is 1.01. The maximum Gasteiger partial charge on any atom is 0.155 e. The molecule has 0 aliphatic carbocycles. The molecule has 0 fully saturated rings. The van der Waals surface area contributed by atoms with Crippen molar-refractivity contribution in [3.63, 3.8) is 0 Å². The summed E-state index contributed by atoms with van der Waals surface area (Å²) in [4.78, 5) is 8.66. The number of aryl methyl sites for hydroxylation is 1. The standard InChI is InChI=1S/C12H19ClN2O/c1-5-6-16-7-10-14-9(4)11(8(2)3)12(13)15-10/h8H,5-7H2,1-4H3. The first kappa shape index (κ1) is 13.4. The highest BCUT2D eigenvalue weighted by molar-refractivity contribution is 6.30. The van der Waals surface area contributed by atoms with Crippen LogP contribution in [0.25, 0.3) is 0 Å². The zero-order chi connectivity index (χ0) is 12.1. The number of nitrogens with zero attached hydrogens (tertiary/aromatic N) is 2. The lowest BCUT2D eigenvalue weighted by molar-refractivity contribution is 0.116. The van der Waals surface area contributed by atoms with E-state index in [0.717, 1.165) is 24.3 Å². The Morgan fingerprint density at radius 1 is 1.31 bits per heavy atom. The van der Waals surface area contributed by atoms with Gasteiger partial charge in [0, 0.05) is 17.9 Å². The van der Waals surface area contributed by atoms with Gasteiger partial charge in [0.05, 0.1) is 0 Å². The van der Waals surface area contributed by atoms with Crippen molar-refractivity contribution in [2.24, 2.45) is 0 Å². The average Bonchev–Trinajstić information content (AvgIpc) is 2.16. The summed E-state index contributed by atoms with van der Waals surface area (Å²) in [7, 11) is 0. The first-order chi connectivity index (χ1) is 7.56. The van der Waals surface area contributed by atoms with Gasteiger partial charge in [-0.2, -0.15) is 0 Å². The quantitative estimate of drug-likeness (QED) is 0.586. The molecular weight excluding hydrogens is 224 g/mol. The van der Waals surface area contributed by atoms with Crippen molar-refractivity contribution in [3.8, 4) is 0 Å². The first-order valence-electron chi connectivity index (χ1n) is 5.66. The molecule has 3 nitrogen and oxygen atoms in total. The summed E-state index contributed by atoms with van der Waals surface area (Å²) in [6.45, 7) is 9.38. The minimum atomic E-state index is 0.345. The van der Waals surface area contributed by atoms with Gasteiger partial charge in [-0.3, -0.25) is 0 Å². The molecule has 0 atom stereocenters. The van der Waals surface area contributed by atoms with E-state index >= 15 is 0 Å². The molecule has 0 radical (unpaired) electrons. The second-order valence-electron chi connectivity index (χ2n) is 4.14. The van der Waals surface area contributed by atoms with Gasteiger partial charge in [0.15, 0.2) is 5.82 Å². The molecule has 0 spiro atoms. The third kappa shape index (κ3) is 3.42. The molecule has 0 aromatic carbocycles. The predicted octanol–water partition coefficient (Wildman–Crippen LogP) is 3.49. The highest BCUT2D eigenvalue weighted by Gasteiger charge is 2.12. The van der Waals surface area contributed by atoms with Crippen molar-refractivity contribution in [1.29, 1.82) is 0 Å². The van der Waals surface area contributed by atoms with E-state index in [9.17, 15) is 0 Å². The Morgan fingerprint density at radius 2 is 2.00 bits per heavy atom. The number of halogens is 1. The molecule has 0 N–H and O–H groups in total. The zero-order valence-electron chi connectivity index (χ0n) is 10.4. The first-order valence-corrected chi connectivity index (χ1v) is 6.04. The topological polar surface area (TPSA) is 35.0 Å². The summed E-state index contributed by atoms with van der Waals surface area (Å²) in [5, 5.41) is 0.553. The van der Waals surface area contributed by atoms with E-state index in [4.69, 9.17) is 16.3 Å². The van der Waals surface area contributed by atoms with Crippen LogP contribution in [0.4, 0.5) is 0 Å². The summed E-state index contributed by atoms with van der Waals surface area (Å²) in [6.07, 6.45) is 0.997. The molecule has 1 rings (SSSR count). The smallest absolute Gasteiger partial charge is 0.155 e. The third-order valence-corrected chi connectivity index (χ3v) is 2.58. The van der Waals surface area contributed by atoms with E-state index in [1.807, 2.05) is 6.92 Å². The van der Waals surface area contributed by atoms with Gasteiger partial charge < -0.3 is 4.74 Å². The molecule has 0 unspecified atom stereocenters. The van der Waals surface area contributed by atoms with E-state index in [-0.39, 0.29) is 0 Å². The highest BCUT2D eigenvalue weighted by atomic mass is 35.5. The van der Waals surface area contributed by atoms with Crippen LogP contribution in [0.2, 0.25) is 5.15 Å². The Kier molecular flexibility index (Phi) is 5.16. The minimum absolute atomic E-state index is 0.345. The molecule has 16 heavy (non-hydrogen) atoms. The van der Waals surface area contributed by atoms with Crippen molar-refractivity contribution in [2.45, 2.75) is 46.6 Å². The summed E-state index contributed by atoms with van der Waals surface area (Å²) in [5.41, 5.74) is 1.98. The Labute approximate surface area is 102 Å². The van der Waals surface area contributed by atoms with Crippen molar-refractivity contribution in [3.05, 3.63) is 22.2 Å². The van der Waals surface area contributed by atoms with E-state index in [1.165, 1.54) is 0 Å². The lowest BCUT2D eigenvalue weighted by Gasteiger charge is -2.12. The van der Waals surface area contributed by atoms with Crippen LogP contribution < -0.4 is 0 Å². The fourth-order valence-electron chi connectivity index (χ4n) is 1.63. The maximum atomic E-state index is 6.14. The average molecular weight is 243 g/mol. The van der Waals surface area contributed by atoms with Gasteiger partial charge in [-0.05, 0) is 19.3 Å². The third-order valence-electron chi connectivity index (χ3n) is 2.29. The molecule has 0 saturated heterocycles. The van der Waals surface area contributed by atoms with Crippen molar-refractivity contribution in [2.75, 3.05) is 6.61 Å². The molecule has 90 valence electrons. The van der Waals surface area contributed by atoms with Gasteiger partial charge >= 0.3 is 0 Å². The lowest BCUT2D eigenvalue weighted by atomic mass is 10.0. The lowest BCUT2D eigenvalue weighted by Crippen LogP contribution is -2.06. The normalized spacial score (nSPS) is 11.1. The summed E-state index contributed by atoms with van der Waals surface area (Å²) in [6, 6.07) is 0. The summed E-state index contributed by atoms with van der Waals surface area (Å²) < 4.78 is 5.40. The molecule has 1 heterocycles. The summed E-state index contributed by atoms with van der Waals surface area (Å²) >= 11 is 6.14. The van der Waals surface area contributed by atoms with Crippen LogP contribution in [0.1, 0.15) is 50.2 Å². The fraction of sp³-hybridized carbons (Fsp3) is 0.667. The maximum absolute atomic E-state index is 6.14. The van der Waals surface area contributed by atoms with Crippen LogP contribution in [-0.2, 0) is 11.3 Å². The van der Waals surface area contributed by atoms with Gasteiger partial charge in [0.2, 0.25) is 0 Å². The monoisotopic (exact) mass is 242 g/mol. The Balaban J connectivity index is 2.83. The van der Waals surface area contributed by atoms with Crippen LogP contribution in [0.3, 0.4) is 0 Å². The van der Waals surface area contributed by atoms with Crippen LogP contribution in [0.15, 0.2) is 0 Å². The van der Waals surface area contributed by atoms with Crippen LogP contribution in [-0.4, -0.2) is 16.6 Å². The second kappa shape index (κ2) is 6.16. The van der Waals surface area contributed by atoms with E-state index in [1.54, 1.807) is 0 Å². The van der Waals surface area contributed by atoms with E-state index < -0.39 is 0 Å². The van der Waals surface area contributed by atoms with Crippen LogP contribution >= 0.6 is 11.6 Å². The predicted molar refractivity (Wildman–Crippen MR) is 65.8 cm³/mol. The van der Waals surface area contributed by atoms with Gasteiger partial charge in [-0.25, -0.2) is 9.97 Å². The number of aromatic nitrogens is 2. The Morgan fingerprint density at radius 3 is 2.50 bits per heavy atom. The molecule has 0 amide bonds. The van der Waals surface area contributed by atoms with Crippen molar-refractivity contribution >= 4 is 11.6 Å². The number of hydrogen-bond acceptors (Lipinski definition) is 3. The molecule has 0 aliphatic heterocycles. The zero-order valence-corrected chi connectivity index (χ0v) is 11.1.